The number of halogens is 7. The van der Waals surface area contributed by atoms with E-state index in [2.05, 4.69) is 15.0 Å². The van der Waals surface area contributed by atoms with Crippen LogP contribution in [-0.2, 0) is 16.5 Å². The van der Waals surface area contributed by atoms with Crippen LogP contribution in [0.5, 0.6) is 5.75 Å². The number of aromatic nitrogens is 1. The molecule has 4 rings (SSSR count). The van der Waals surface area contributed by atoms with Crippen molar-refractivity contribution >= 4 is 23.2 Å². The molecule has 0 aliphatic carbocycles. The number of benzene rings is 2. The second-order valence-corrected chi connectivity index (χ2v) is 9.68. The van der Waals surface area contributed by atoms with Gasteiger partial charge in [0.25, 0.3) is 0 Å². The van der Waals surface area contributed by atoms with Gasteiger partial charge in [0.15, 0.2) is 0 Å². The zero-order chi connectivity index (χ0) is 27.9. The van der Waals surface area contributed by atoms with Crippen molar-refractivity contribution in [1.82, 2.24) is 10.3 Å². The maximum atomic E-state index is 13.7. The summed E-state index contributed by atoms with van der Waals surface area (Å²) in [5.74, 6) is -0.819. The largest absolute Gasteiger partial charge is 0.573 e. The van der Waals surface area contributed by atoms with Gasteiger partial charge in [-0.3, -0.25) is 15.1 Å². The van der Waals surface area contributed by atoms with Crippen LogP contribution in [0.3, 0.4) is 0 Å². The SMILES string of the molecule is CC(C)(N[C@H]1C[C@@H](c2ccccc2Cl)N(c2ccc(OC(F)(F)F)cc2)C1=O)c1ccc(C(F)(F)F)nc1. The Morgan fingerprint density at radius 2 is 1.63 bits per heavy atom. The number of ether oxygens (including phenoxy) is 1. The van der Waals surface area contributed by atoms with Crippen LogP contribution in [0.4, 0.5) is 32.0 Å². The molecule has 202 valence electrons. The number of carbonyl (C=O) groups is 1. The van der Waals surface area contributed by atoms with E-state index >= 15 is 0 Å². The molecule has 38 heavy (non-hydrogen) atoms. The van der Waals surface area contributed by atoms with E-state index in [0.29, 0.717) is 21.8 Å². The van der Waals surface area contributed by atoms with E-state index in [1.165, 1.54) is 23.1 Å². The van der Waals surface area contributed by atoms with Crippen molar-refractivity contribution in [3.63, 3.8) is 0 Å². The molecule has 1 N–H and O–H groups in total. The summed E-state index contributed by atoms with van der Waals surface area (Å²) in [6, 6.07) is 12.6. The highest BCUT2D eigenvalue weighted by Gasteiger charge is 2.44. The Balaban J connectivity index is 1.64. The maximum absolute atomic E-state index is 13.7. The number of carbonyl (C=O) groups excluding carboxylic acids is 1. The number of hydrogen-bond donors (Lipinski definition) is 1. The van der Waals surface area contributed by atoms with Crippen LogP contribution in [0.1, 0.15) is 43.1 Å². The lowest BCUT2D eigenvalue weighted by atomic mass is 9.93. The molecule has 3 aromatic rings. The first-order chi connectivity index (χ1) is 17.7. The number of rotatable bonds is 6. The topological polar surface area (TPSA) is 54.5 Å². The van der Waals surface area contributed by atoms with Crippen LogP contribution >= 0.6 is 11.6 Å². The van der Waals surface area contributed by atoms with Crippen molar-refractivity contribution in [3.05, 3.63) is 88.7 Å². The average molecular weight is 558 g/mol. The van der Waals surface area contributed by atoms with Gasteiger partial charge in [0.1, 0.15) is 11.4 Å². The average Bonchev–Trinajstić information content (AvgIpc) is 3.13. The summed E-state index contributed by atoms with van der Waals surface area (Å²) in [4.78, 5) is 18.6. The van der Waals surface area contributed by atoms with Gasteiger partial charge in [-0.05, 0) is 67.8 Å². The molecule has 1 aliphatic rings. The predicted octanol–water partition coefficient (Wildman–Crippen LogP) is 7.02. The molecular formula is C26H22ClF6N3O2. The molecule has 1 saturated heterocycles. The molecule has 0 saturated carbocycles. The lowest BCUT2D eigenvalue weighted by Crippen LogP contribution is -2.47. The quantitative estimate of drug-likeness (QED) is 0.331. The Kier molecular flexibility index (Phi) is 7.37. The highest BCUT2D eigenvalue weighted by molar-refractivity contribution is 6.31. The third-order valence-electron chi connectivity index (χ3n) is 6.23. The number of hydrogen-bond acceptors (Lipinski definition) is 4. The molecule has 1 amide bonds. The third-order valence-corrected chi connectivity index (χ3v) is 6.57. The van der Waals surface area contributed by atoms with Gasteiger partial charge in [0, 0.05) is 22.4 Å². The van der Waals surface area contributed by atoms with Gasteiger partial charge >= 0.3 is 12.5 Å². The van der Waals surface area contributed by atoms with Crippen LogP contribution in [0, 0.1) is 0 Å². The van der Waals surface area contributed by atoms with Crippen molar-refractivity contribution in [3.8, 4) is 5.75 Å². The number of anilines is 1. The smallest absolute Gasteiger partial charge is 0.406 e. The molecule has 12 heteroatoms. The molecule has 2 heterocycles. The van der Waals surface area contributed by atoms with Gasteiger partial charge in [-0.2, -0.15) is 13.2 Å². The number of nitrogens with zero attached hydrogens (tertiary/aromatic N) is 2. The van der Waals surface area contributed by atoms with E-state index < -0.39 is 41.6 Å². The summed E-state index contributed by atoms with van der Waals surface area (Å²) in [6.07, 6.45) is -8.10. The van der Waals surface area contributed by atoms with Gasteiger partial charge in [0.05, 0.1) is 12.1 Å². The summed E-state index contributed by atoms with van der Waals surface area (Å²) in [6.45, 7) is 3.42. The summed E-state index contributed by atoms with van der Waals surface area (Å²) in [7, 11) is 0. The summed E-state index contributed by atoms with van der Waals surface area (Å²) >= 11 is 6.43. The summed E-state index contributed by atoms with van der Waals surface area (Å²) in [5.41, 5.74) is -0.594. The van der Waals surface area contributed by atoms with Crippen LogP contribution in [0.2, 0.25) is 5.02 Å². The molecule has 2 atom stereocenters. The third kappa shape index (κ3) is 6.05. The van der Waals surface area contributed by atoms with Crippen LogP contribution in [0.25, 0.3) is 0 Å². The number of alkyl halides is 6. The van der Waals surface area contributed by atoms with E-state index in [1.807, 2.05) is 0 Å². The van der Waals surface area contributed by atoms with Crippen molar-refractivity contribution in [2.75, 3.05) is 4.90 Å². The molecule has 0 bridgehead atoms. The first kappa shape index (κ1) is 27.7. The second-order valence-electron chi connectivity index (χ2n) is 9.27. The van der Waals surface area contributed by atoms with E-state index in [-0.39, 0.29) is 12.3 Å². The minimum atomic E-state index is -4.86. The Hall–Kier alpha value is -3.31. The minimum absolute atomic E-state index is 0.237. The fourth-order valence-electron chi connectivity index (χ4n) is 4.45. The molecule has 5 nitrogen and oxygen atoms in total. The molecule has 0 unspecified atom stereocenters. The van der Waals surface area contributed by atoms with Crippen LogP contribution in [-0.4, -0.2) is 23.3 Å². The lowest BCUT2D eigenvalue weighted by molar-refractivity contribution is -0.274. The number of pyridine rings is 1. The fraction of sp³-hybridized carbons (Fsp3) is 0.308. The van der Waals surface area contributed by atoms with Crippen molar-refractivity contribution in [2.24, 2.45) is 0 Å². The van der Waals surface area contributed by atoms with E-state index in [4.69, 9.17) is 11.6 Å². The Labute approximate surface area is 219 Å². The van der Waals surface area contributed by atoms with Crippen molar-refractivity contribution < 1.29 is 35.9 Å². The molecule has 0 spiro atoms. The number of nitrogens with one attached hydrogen (secondary N) is 1. The Morgan fingerprint density at radius 3 is 2.18 bits per heavy atom. The Bertz CT molecular complexity index is 1290. The maximum Gasteiger partial charge on any atom is 0.573 e. The van der Waals surface area contributed by atoms with Crippen molar-refractivity contribution in [2.45, 2.75) is 50.4 Å². The fourth-order valence-corrected chi connectivity index (χ4v) is 4.71. The molecular weight excluding hydrogens is 536 g/mol. The molecule has 1 aliphatic heterocycles. The Morgan fingerprint density at radius 1 is 0.974 bits per heavy atom. The molecule has 1 fully saturated rings. The predicted molar refractivity (Wildman–Crippen MR) is 129 cm³/mol. The molecule has 2 aromatic carbocycles. The molecule has 1 aromatic heterocycles. The number of amides is 1. The highest BCUT2D eigenvalue weighted by atomic mass is 35.5. The van der Waals surface area contributed by atoms with Crippen LogP contribution in [0.15, 0.2) is 66.9 Å². The first-order valence-corrected chi connectivity index (χ1v) is 11.8. The summed E-state index contributed by atoms with van der Waals surface area (Å²) < 4.78 is 80.5. The van der Waals surface area contributed by atoms with Gasteiger partial charge < -0.3 is 9.64 Å². The normalized spacial score (nSPS) is 18.7. The van der Waals surface area contributed by atoms with Gasteiger partial charge in [-0.1, -0.05) is 35.9 Å². The lowest BCUT2D eigenvalue weighted by Gasteiger charge is -2.30. The zero-order valence-corrected chi connectivity index (χ0v) is 20.8. The second kappa shape index (κ2) is 10.1. The standard InChI is InChI=1S/C26H22ClF6N3O2/c1-24(2,15-7-12-22(34-14-15)25(28,29)30)35-20-13-21(18-5-3-4-6-19(18)27)36(23(20)37)16-8-10-17(11-9-16)38-26(31,32)33/h3-12,14,20-21,35H,13H2,1-2H3/t20-,21-/m0/s1. The van der Waals surface area contributed by atoms with Gasteiger partial charge in [-0.15, -0.1) is 13.2 Å². The van der Waals surface area contributed by atoms with Gasteiger partial charge in [0.2, 0.25) is 5.91 Å². The van der Waals surface area contributed by atoms with E-state index in [1.54, 1.807) is 38.1 Å². The monoisotopic (exact) mass is 557 g/mol. The first-order valence-electron chi connectivity index (χ1n) is 11.4. The molecule has 0 radical (unpaired) electrons. The van der Waals surface area contributed by atoms with Crippen molar-refractivity contribution in [1.29, 1.82) is 0 Å². The van der Waals surface area contributed by atoms with Crippen LogP contribution < -0.4 is 15.0 Å². The van der Waals surface area contributed by atoms with E-state index in [9.17, 15) is 31.1 Å². The minimum Gasteiger partial charge on any atom is -0.406 e. The van der Waals surface area contributed by atoms with Gasteiger partial charge in [-0.25, -0.2) is 0 Å². The highest BCUT2D eigenvalue weighted by Crippen LogP contribution is 2.41. The zero-order valence-electron chi connectivity index (χ0n) is 20.1. The summed E-state index contributed by atoms with van der Waals surface area (Å²) in [5, 5.41) is 3.61. The van der Waals surface area contributed by atoms with E-state index in [0.717, 1.165) is 24.4 Å².